The minimum absolute atomic E-state index is 0.0833. The van der Waals surface area contributed by atoms with Gasteiger partial charge in [-0.1, -0.05) is 12.1 Å². The Kier molecular flexibility index (Phi) is 4.44. The largest absolute Gasteiger partial charge is 0.502 e. The zero-order chi connectivity index (χ0) is 15.4. The number of rotatable bonds is 5. The number of benzene rings is 1. The smallest absolute Gasteiger partial charge is 0.371 e. The Morgan fingerprint density at radius 3 is 2.52 bits per heavy atom. The van der Waals surface area contributed by atoms with Crippen molar-refractivity contribution in [3.63, 3.8) is 0 Å². The number of hydrogen-bond donors (Lipinski definition) is 2. The highest BCUT2D eigenvalue weighted by molar-refractivity contribution is 7.11. The zero-order valence-corrected chi connectivity index (χ0v) is 11.4. The first-order valence-electron chi connectivity index (χ1n) is 5.83. The molecule has 0 spiro atoms. The summed E-state index contributed by atoms with van der Waals surface area (Å²) in [6, 6.07) is 5.90. The van der Waals surface area contributed by atoms with Crippen LogP contribution in [0.1, 0.15) is 21.1 Å². The molecule has 7 heteroatoms. The molecule has 0 atom stereocenters. The molecule has 0 aliphatic heterocycles. The van der Waals surface area contributed by atoms with Crippen molar-refractivity contribution in [1.29, 1.82) is 0 Å². The summed E-state index contributed by atoms with van der Waals surface area (Å²) in [4.78, 5) is 26.2. The van der Waals surface area contributed by atoms with Gasteiger partial charge in [0.1, 0.15) is 5.82 Å². The molecular formula is C14H10FNO4S. The Hall–Kier alpha value is -2.54. The molecule has 2 N–H and O–H groups in total. The summed E-state index contributed by atoms with van der Waals surface area (Å²) in [5.41, 5.74) is 1.45. The number of carboxylic acid groups (broad SMARTS) is 1. The number of aliphatic hydroxyl groups is 1. The standard InChI is InChI=1S/C14H10FNO4S/c15-9-3-1-8(2-4-9)5-10-7-21-13(16-10)11(17)6-12(18)14(19)20/h1-4,6-7,18H,5H2,(H,19,20)/b12-6-. The maximum absolute atomic E-state index is 12.8. The number of ketones is 1. The molecule has 2 rings (SSSR count). The third kappa shape index (κ3) is 3.96. The molecule has 0 saturated carbocycles. The highest BCUT2D eigenvalue weighted by atomic mass is 32.1. The second kappa shape index (κ2) is 6.27. The molecule has 108 valence electrons. The molecule has 2 aromatic rings. The number of halogens is 1. The molecule has 1 aromatic carbocycles. The topological polar surface area (TPSA) is 87.5 Å². The van der Waals surface area contributed by atoms with E-state index in [2.05, 4.69) is 4.98 Å². The molecule has 0 radical (unpaired) electrons. The molecule has 21 heavy (non-hydrogen) atoms. The van der Waals surface area contributed by atoms with Crippen molar-refractivity contribution < 1.29 is 24.2 Å². The first-order valence-corrected chi connectivity index (χ1v) is 6.71. The van der Waals surface area contributed by atoms with E-state index in [1.807, 2.05) is 0 Å². The monoisotopic (exact) mass is 307 g/mol. The van der Waals surface area contributed by atoms with E-state index in [1.165, 1.54) is 12.1 Å². The predicted molar refractivity (Wildman–Crippen MR) is 74.0 cm³/mol. The Bertz CT molecular complexity index is 706. The molecule has 1 aromatic heterocycles. The van der Waals surface area contributed by atoms with Crippen molar-refractivity contribution in [1.82, 2.24) is 4.98 Å². The van der Waals surface area contributed by atoms with Crippen LogP contribution in [-0.2, 0) is 11.2 Å². The van der Waals surface area contributed by atoms with E-state index in [-0.39, 0.29) is 10.8 Å². The van der Waals surface area contributed by atoms with Crippen LogP contribution in [0.5, 0.6) is 0 Å². The molecule has 0 bridgehead atoms. The summed E-state index contributed by atoms with van der Waals surface area (Å²) in [5.74, 6) is -3.62. The number of aromatic nitrogens is 1. The van der Waals surface area contributed by atoms with E-state index in [4.69, 9.17) is 10.2 Å². The van der Waals surface area contributed by atoms with Gasteiger partial charge >= 0.3 is 5.97 Å². The summed E-state index contributed by atoms with van der Waals surface area (Å²) >= 11 is 1.05. The van der Waals surface area contributed by atoms with Crippen LogP contribution in [0.4, 0.5) is 4.39 Å². The number of aliphatic hydroxyl groups excluding tert-OH is 1. The Balaban J connectivity index is 2.11. The lowest BCUT2D eigenvalue weighted by molar-refractivity contribution is -0.135. The van der Waals surface area contributed by atoms with Gasteiger partial charge in [-0.3, -0.25) is 4.79 Å². The Morgan fingerprint density at radius 1 is 1.24 bits per heavy atom. The van der Waals surface area contributed by atoms with Crippen LogP contribution < -0.4 is 0 Å². The Morgan fingerprint density at radius 2 is 1.90 bits per heavy atom. The second-order valence-corrected chi connectivity index (χ2v) is 5.00. The maximum atomic E-state index is 12.8. The van der Waals surface area contributed by atoms with E-state index >= 15 is 0 Å². The second-order valence-electron chi connectivity index (χ2n) is 4.15. The van der Waals surface area contributed by atoms with E-state index in [0.717, 1.165) is 16.9 Å². The maximum Gasteiger partial charge on any atom is 0.371 e. The van der Waals surface area contributed by atoms with Crippen LogP contribution >= 0.6 is 11.3 Å². The fraction of sp³-hybridized carbons (Fsp3) is 0.0714. The van der Waals surface area contributed by atoms with Gasteiger partial charge in [0.2, 0.25) is 11.5 Å². The number of carboxylic acids is 1. The van der Waals surface area contributed by atoms with Gasteiger partial charge < -0.3 is 10.2 Å². The molecule has 0 amide bonds. The molecule has 5 nitrogen and oxygen atoms in total. The highest BCUT2D eigenvalue weighted by Gasteiger charge is 2.13. The number of hydrogen-bond acceptors (Lipinski definition) is 5. The molecular weight excluding hydrogens is 297 g/mol. The van der Waals surface area contributed by atoms with Gasteiger partial charge in [0.15, 0.2) is 5.01 Å². The van der Waals surface area contributed by atoms with Gasteiger partial charge in [-0.05, 0) is 17.7 Å². The van der Waals surface area contributed by atoms with Gasteiger partial charge in [0.25, 0.3) is 0 Å². The van der Waals surface area contributed by atoms with Crippen LogP contribution in [0.25, 0.3) is 0 Å². The van der Waals surface area contributed by atoms with Crippen LogP contribution in [0, 0.1) is 5.82 Å². The first-order chi connectivity index (χ1) is 9.95. The van der Waals surface area contributed by atoms with Crippen LogP contribution in [-0.4, -0.2) is 26.9 Å². The quantitative estimate of drug-likeness (QED) is 0.503. The van der Waals surface area contributed by atoms with Gasteiger partial charge in [0.05, 0.1) is 5.69 Å². The van der Waals surface area contributed by atoms with Gasteiger partial charge in [-0.2, -0.15) is 0 Å². The highest BCUT2D eigenvalue weighted by Crippen LogP contribution is 2.15. The van der Waals surface area contributed by atoms with E-state index < -0.39 is 17.5 Å². The summed E-state index contributed by atoms with van der Waals surface area (Å²) < 4.78 is 12.8. The number of allylic oxidation sites excluding steroid dienone is 1. The average Bonchev–Trinajstić information content (AvgIpc) is 2.90. The van der Waals surface area contributed by atoms with Crippen LogP contribution in [0.15, 0.2) is 41.5 Å². The summed E-state index contributed by atoms with van der Waals surface area (Å²) in [7, 11) is 0. The SMILES string of the molecule is O=C(O)/C(O)=C/C(=O)c1nc(Cc2ccc(F)cc2)cs1. The van der Waals surface area contributed by atoms with Crippen molar-refractivity contribution in [3.05, 3.63) is 63.6 Å². The number of carbonyl (C=O) groups is 2. The normalized spacial score (nSPS) is 11.4. The molecule has 1 heterocycles. The lowest BCUT2D eigenvalue weighted by Crippen LogP contribution is -2.04. The van der Waals surface area contributed by atoms with E-state index in [9.17, 15) is 14.0 Å². The third-order valence-electron chi connectivity index (χ3n) is 2.55. The van der Waals surface area contributed by atoms with Gasteiger partial charge in [-0.15, -0.1) is 11.3 Å². The number of aliphatic carboxylic acids is 1. The third-order valence-corrected chi connectivity index (χ3v) is 3.45. The predicted octanol–water partition coefficient (Wildman–Crippen LogP) is 2.58. The number of nitrogens with zero attached hydrogens (tertiary/aromatic N) is 1. The summed E-state index contributed by atoms with van der Waals surface area (Å²) in [5, 5.41) is 19.2. The van der Waals surface area contributed by atoms with E-state index in [1.54, 1.807) is 17.5 Å². The Labute approximate surface area is 123 Å². The summed E-state index contributed by atoms with van der Waals surface area (Å²) in [6.45, 7) is 0. The van der Waals surface area contributed by atoms with Crippen molar-refractivity contribution in [3.8, 4) is 0 Å². The van der Waals surface area contributed by atoms with Crippen molar-refractivity contribution in [2.75, 3.05) is 0 Å². The van der Waals surface area contributed by atoms with Crippen molar-refractivity contribution >= 4 is 23.1 Å². The fourth-order valence-electron chi connectivity index (χ4n) is 1.56. The molecule has 0 aliphatic carbocycles. The van der Waals surface area contributed by atoms with Crippen molar-refractivity contribution in [2.24, 2.45) is 0 Å². The summed E-state index contributed by atoms with van der Waals surface area (Å²) in [6.07, 6.45) is 1.04. The molecule has 0 aliphatic rings. The first kappa shape index (κ1) is 14.9. The zero-order valence-electron chi connectivity index (χ0n) is 10.6. The molecule has 0 unspecified atom stereocenters. The van der Waals surface area contributed by atoms with Crippen LogP contribution in [0.3, 0.4) is 0 Å². The average molecular weight is 307 g/mol. The van der Waals surface area contributed by atoms with Crippen LogP contribution in [0.2, 0.25) is 0 Å². The molecule has 0 saturated heterocycles. The van der Waals surface area contributed by atoms with E-state index in [0.29, 0.717) is 18.2 Å². The molecule has 0 fully saturated rings. The van der Waals surface area contributed by atoms with Gasteiger partial charge in [-0.25, -0.2) is 14.2 Å². The minimum atomic E-state index is -1.58. The fourth-order valence-corrected chi connectivity index (χ4v) is 2.29. The number of thiazole rings is 1. The van der Waals surface area contributed by atoms with Gasteiger partial charge in [0, 0.05) is 17.9 Å². The van der Waals surface area contributed by atoms with Crippen molar-refractivity contribution in [2.45, 2.75) is 6.42 Å². The number of carbonyl (C=O) groups excluding carboxylic acids is 1. The minimum Gasteiger partial charge on any atom is -0.502 e. The lowest BCUT2D eigenvalue weighted by atomic mass is 10.1. The lowest BCUT2D eigenvalue weighted by Gasteiger charge is -1.97.